The van der Waals surface area contributed by atoms with Gasteiger partial charge in [0.15, 0.2) is 0 Å². The van der Waals surface area contributed by atoms with Crippen LogP contribution in [0, 0.1) is 5.82 Å². The van der Waals surface area contributed by atoms with Crippen LogP contribution in [0.1, 0.15) is 0 Å². The van der Waals surface area contributed by atoms with E-state index in [0.717, 1.165) is 9.37 Å². The number of hydrogen-bond donors (Lipinski definition) is 2. The predicted octanol–water partition coefficient (Wildman–Crippen LogP) is 3.90. The average Bonchev–Trinajstić information content (AvgIpc) is 2.42. The third-order valence-electron chi connectivity index (χ3n) is 2.48. The monoisotopic (exact) mass is 354 g/mol. The summed E-state index contributed by atoms with van der Waals surface area (Å²) in [6.07, 6.45) is 0. The van der Waals surface area contributed by atoms with Crippen molar-refractivity contribution >= 4 is 45.0 Å². The van der Waals surface area contributed by atoms with Gasteiger partial charge in [0.05, 0.1) is 11.4 Å². The van der Waals surface area contributed by atoms with Crippen LogP contribution in [0.4, 0.5) is 15.8 Å². The number of anilines is 2. The highest BCUT2D eigenvalue weighted by Gasteiger charge is 2.08. The molecule has 3 nitrogen and oxygen atoms in total. The molecule has 0 saturated carbocycles. The van der Waals surface area contributed by atoms with Crippen LogP contribution in [0.15, 0.2) is 51.8 Å². The van der Waals surface area contributed by atoms with E-state index in [-0.39, 0.29) is 17.3 Å². The van der Waals surface area contributed by atoms with Crippen molar-refractivity contribution in [2.75, 3.05) is 16.8 Å². The number of halogens is 2. The number of carbonyl (C=O) groups is 1. The fraction of sp³-hybridized carbons (Fsp3) is 0.0714. The predicted molar refractivity (Wildman–Crippen MR) is 84.3 cm³/mol. The molecule has 0 aliphatic heterocycles. The maximum Gasteiger partial charge on any atom is 0.234 e. The molecule has 1 amide bonds. The molecule has 0 aliphatic carbocycles. The molecule has 20 heavy (non-hydrogen) atoms. The Morgan fingerprint density at radius 3 is 2.80 bits per heavy atom. The fourth-order valence-electron chi connectivity index (χ4n) is 1.53. The van der Waals surface area contributed by atoms with Crippen molar-refractivity contribution in [3.05, 3.63) is 52.8 Å². The van der Waals surface area contributed by atoms with Crippen LogP contribution >= 0.6 is 27.7 Å². The van der Waals surface area contributed by atoms with E-state index in [2.05, 4.69) is 21.2 Å². The van der Waals surface area contributed by atoms with Crippen LogP contribution in [0.2, 0.25) is 0 Å². The molecule has 0 radical (unpaired) electrons. The van der Waals surface area contributed by atoms with Crippen LogP contribution in [0.25, 0.3) is 0 Å². The van der Waals surface area contributed by atoms with E-state index in [9.17, 15) is 9.18 Å². The summed E-state index contributed by atoms with van der Waals surface area (Å²) in [5.41, 5.74) is 6.61. The first-order valence-corrected chi connectivity index (χ1v) is 7.56. The number of carbonyl (C=O) groups excluding carboxylic acids is 1. The third kappa shape index (κ3) is 3.98. The first kappa shape index (κ1) is 14.9. The molecule has 0 aromatic heterocycles. The SMILES string of the molecule is Nc1ccc(Br)cc1SCC(=O)Nc1ccccc1F. The van der Waals surface area contributed by atoms with Gasteiger partial charge >= 0.3 is 0 Å². The Kier molecular flexibility index (Phi) is 5.03. The Morgan fingerprint density at radius 1 is 1.30 bits per heavy atom. The van der Waals surface area contributed by atoms with Crippen molar-refractivity contribution in [3.63, 3.8) is 0 Å². The lowest BCUT2D eigenvalue weighted by atomic mass is 10.3. The minimum atomic E-state index is -0.451. The van der Waals surface area contributed by atoms with Gasteiger partial charge in [-0.15, -0.1) is 11.8 Å². The molecular formula is C14H12BrFN2OS. The molecule has 0 unspecified atom stereocenters. The topological polar surface area (TPSA) is 55.1 Å². The molecule has 104 valence electrons. The first-order chi connectivity index (χ1) is 9.56. The van der Waals surface area contributed by atoms with E-state index in [4.69, 9.17) is 5.73 Å². The first-order valence-electron chi connectivity index (χ1n) is 5.78. The number of nitrogens with one attached hydrogen (secondary N) is 1. The number of amides is 1. The van der Waals surface area contributed by atoms with E-state index in [1.165, 1.54) is 23.9 Å². The maximum absolute atomic E-state index is 13.4. The number of benzene rings is 2. The van der Waals surface area contributed by atoms with Crippen LogP contribution in [0.5, 0.6) is 0 Å². The molecule has 2 aromatic carbocycles. The van der Waals surface area contributed by atoms with E-state index < -0.39 is 5.82 Å². The molecular weight excluding hydrogens is 343 g/mol. The zero-order valence-electron chi connectivity index (χ0n) is 10.4. The van der Waals surface area contributed by atoms with Crippen molar-refractivity contribution in [1.82, 2.24) is 0 Å². The maximum atomic E-state index is 13.4. The second-order valence-electron chi connectivity index (χ2n) is 4.00. The van der Waals surface area contributed by atoms with Gasteiger partial charge < -0.3 is 11.1 Å². The van der Waals surface area contributed by atoms with E-state index in [1.54, 1.807) is 18.2 Å². The highest BCUT2D eigenvalue weighted by atomic mass is 79.9. The highest BCUT2D eigenvalue weighted by Crippen LogP contribution is 2.28. The Morgan fingerprint density at radius 2 is 2.05 bits per heavy atom. The smallest absolute Gasteiger partial charge is 0.234 e. The van der Waals surface area contributed by atoms with Gasteiger partial charge in [0.1, 0.15) is 5.82 Å². The largest absolute Gasteiger partial charge is 0.398 e. The van der Waals surface area contributed by atoms with Gasteiger partial charge in [0.2, 0.25) is 5.91 Å². The summed E-state index contributed by atoms with van der Waals surface area (Å²) < 4.78 is 14.3. The fourth-order valence-corrected chi connectivity index (χ4v) is 2.84. The van der Waals surface area contributed by atoms with Gasteiger partial charge in [-0.1, -0.05) is 28.1 Å². The van der Waals surface area contributed by atoms with Crippen molar-refractivity contribution in [1.29, 1.82) is 0 Å². The molecule has 0 spiro atoms. The van der Waals surface area contributed by atoms with Gasteiger partial charge in [-0.2, -0.15) is 0 Å². The molecule has 6 heteroatoms. The number of nitrogens with two attached hydrogens (primary N) is 1. The van der Waals surface area contributed by atoms with E-state index >= 15 is 0 Å². The zero-order valence-corrected chi connectivity index (χ0v) is 12.8. The zero-order chi connectivity index (χ0) is 14.5. The normalized spacial score (nSPS) is 10.3. The Bertz CT molecular complexity index is 636. The molecule has 2 rings (SSSR count). The van der Waals surface area contributed by atoms with Crippen LogP contribution in [-0.4, -0.2) is 11.7 Å². The van der Waals surface area contributed by atoms with Gasteiger partial charge in [0.25, 0.3) is 0 Å². The quantitative estimate of drug-likeness (QED) is 0.646. The lowest BCUT2D eigenvalue weighted by molar-refractivity contribution is -0.113. The Balaban J connectivity index is 1.96. The van der Waals surface area contributed by atoms with Gasteiger partial charge in [0, 0.05) is 15.1 Å². The standard InChI is InChI=1S/C14H12BrFN2OS/c15-9-5-6-11(17)13(7-9)20-8-14(19)18-12-4-2-1-3-10(12)16/h1-7H,8,17H2,(H,18,19). The molecule has 3 N–H and O–H groups in total. The van der Waals surface area contributed by atoms with Crippen molar-refractivity contribution in [3.8, 4) is 0 Å². The van der Waals surface area contributed by atoms with Crippen molar-refractivity contribution in [2.45, 2.75) is 4.90 Å². The number of para-hydroxylation sites is 1. The van der Waals surface area contributed by atoms with Crippen LogP contribution in [0.3, 0.4) is 0 Å². The van der Waals surface area contributed by atoms with Crippen molar-refractivity contribution in [2.24, 2.45) is 0 Å². The van der Waals surface area contributed by atoms with Gasteiger partial charge in [-0.3, -0.25) is 4.79 Å². The van der Waals surface area contributed by atoms with Gasteiger partial charge in [-0.05, 0) is 30.3 Å². The van der Waals surface area contributed by atoms with Gasteiger partial charge in [-0.25, -0.2) is 4.39 Å². The molecule has 2 aromatic rings. The summed E-state index contributed by atoms with van der Waals surface area (Å²) in [6, 6.07) is 11.5. The number of rotatable bonds is 4. The second kappa shape index (κ2) is 6.76. The number of nitrogen functional groups attached to an aromatic ring is 1. The molecule has 0 saturated heterocycles. The summed E-state index contributed by atoms with van der Waals surface area (Å²) >= 11 is 4.65. The summed E-state index contributed by atoms with van der Waals surface area (Å²) in [6.45, 7) is 0. The lowest BCUT2D eigenvalue weighted by Crippen LogP contribution is -2.15. The molecule has 0 heterocycles. The third-order valence-corrected chi connectivity index (χ3v) is 4.05. The van der Waals surface area contributed by atoms with Crippen LogP contribution < -0.4 is 11.1 Å². The molecule has 0 fully saturated rings. The Hall–Kier alpha value is -1.53. The Labute approximate surface area is 128 Å². The summed E-state index contributed by atoms with van der Waals surface area (Å²) in [7, 11) is 0. The summed E-state index contributed by atoms with van der Waals surface area (Å²) in [5, 5.41) is 2.53. The number of hydrogen-bond acceptors (Lipinski definition) is 3. The van der Waals surface area contributed by atoms with E-state index in [0.29, 0.717) is 5.69 Å². The summed E-state index contributed by atoms with van der Waals surface area (Å²) in [4.78, 5) is 12.6. The lowest BCUT2D eigenvalue weighted by Gasteiger charge is -2.08. The minimum absolute atomic E-state index is 0.162. The molecule has 0 aliphatic rings. The average molecular weight is 355 g/mol. The molecule has 0 bridgehead atoms. The van der Waals surface area contributed by atoms with E-state index in [1.807, 2.05) is 12.1 Å². The highest BCUT2D eigenvalue weighted by molar-refractivity contribution is 9.10. The number of thioether (sulfide) groups is 1. The van der Waals surface area contributed by atoms with Crippen molar-refractivity contribution < 1.29 is 9.18 Å². The summed E-state index contributed by atoms with van der Waals surface area (Å²) in [5.74, 6) is -0.568. The molecule has 0 atom stereocenters. The second-order valence-corrected chi connectivity index (χ2v) is 5.93. The minimum Gasteiger partial charge on any atom is -0.398 e. The van der Waals surface area contributed by atoms with Crippen LogP contribution in [-0.2, 0) is 4.79 Å².